The van der Waals surface area contributed by atoms with E-state index in [1.165, 1.54) is 24.0 Å². The van der Waals surface area contributed by atoms with Gasteiger partial charge in [-0.05, 0) is 31.0 Å². The predicted octanol–water partition coefficient (Wildman–Crippen LogP) is 3.92. The Hall–Kier alpha value is -1.28. The van der Waals surface area contributed by atoms with Crippen molar-refractivity contribution in [2.45, 2.75) is 38.6 Å². The summed E-state index contributed by atoms with van der Waals surface area (Å²) < 4.78 is 6.00. The number of hydrogen-bond acceptors (Lipinski definition) is 2. The molecule has 1 aromatic heterocycles. The Bertz CT molecular complexity index is 498. The maximum absolute atomic E-state index is 6.00. The summed E-state index contributed by atoms with van der Waals surface area (Å²) in [5, 5.41) is 4.81. The van der Waals surface area contributed by atoms with E-state index in [-0.39, 0.29) is 0 Å². The summed E-state index contributed by atoms with van der Waals surface area (Å²) in [6.07, 6.45) is 2.44. The Labute approximate surface area is 108 Å². The molecule has 18 heavy (non-hydrogen) atoms. The van der Waals surface area contributed by atoms with E-state index < -0.39 is 0 Å². The molecule has 96 valence electrons. The van der Waals surface area contributed by atoms with Crippen LogP contribution in [0.3, 0.4) is 0 Å². The first kappa shape index (κ1) is 11.8. The fourth-order valence-corrected chi connectivity index (χ4v) is 3.29. The molecule has 1 fully saturated rings. The average molecular weight is 243 g/mol. The molecule has 0 radical (unpaired) electrons. The van der Waals surface area contributed by atoms with Gasteiger partial charge in [0.25, 0.3) is 0 Å². The van der Waals surface area contributed by atoms with Crippen molar-refractivity contribution in [3.63, 3.8) is 0 Å². The lowest BCUT2D eigenvalue weighted by molar-refractivity contribution is 0.145. The summed E-state index contributed by atoms with van der Waals surface area (Å²) >= 11 is 0. The zero-order valence-corrected chi connectivity index (χ0v) is 11.1. The van der Waals surface area contributed by atoms with E-state index in [4.69, 9.17) is 4.42 Å². The van der Waals surface area contributed by atoms with E-state index >= 15 is 0 Å². The molecule has 3 atom stereocenters. The Morgan fingerprint density at radius 3 is 2.83 bits per heavy atom. The smallest absolute Gasteiger partial charge is 0.134 e. The van der Waals surface area contributed by atoms with Gasteiger partial charge >= 0.3 is 0 Å². The van der Waals surface area contributed by atoms with Crippen molar-refractivity contribution in [2.24, 2.45) is 5.92 Å². The van der Waals surface area contributed by atoms with E-state index in [1.54, 1.807) is 0 Å². The molecular formula is C16H21NO. The minimum absolute atomic E-state index is 0.603. The summed E-state index contributed by atoms with van der Waals surface area (Å²) in [6, 6.07) is 11.2. The highest BCUT2D eigenvalue weighted by Crippen LogP contribution is 2.45. The van der Waals surface area contributed by atoms with Crippen LogP contribution in [0, 0.1) is 5.92 Å². The molecule has 0 saturated heterocycles. The lowest BCUT2D eigenvalue weighted by Gasteiger charge is -2.44. The second-order valence-corrected chi connectivity index (χ2v) is 5.27. The molecule has 0 spiro atoms. The summed E-state index contributed by atoms with van der Waals surface area (Å²) in [6.45, 7) is 5.53. The molecule has 1 N–H and O–H groups in total. The molecule has 2 heteroatoms. The first-order valence-corrected chi connectivity index (χ1v) is 7.05. The van der Waals surface area contributed by atoms with Gasteiger partial charge < -0.3 is 9.73 Å². The second-order valence-electron chi connectivity index (χ2n) is 5.27. The molecule has 1 aliphatic carbocycles. The number of rotatable bonds is 4. The zero-order chi connectivity index (χ0) is 12.5. The highest BCUT2D eigenvalue weighted by molar-refractivity contribution is 5.77. The van der Waals surface area contributed by atoms with E-state index in [9.17, 15) is 0 Å². The second kappa shape index (κ2) is 4.77. The molecule has 1 heterocycles. The van der Waals surface area contributed by atoms with Crippen molar-refractivity contribution >= 4 is 11.0 Å². The molecule has 2 nitrogen and oxygen atoms in total. The molecule has 1 saturated carbocycles. The van der Waals surface area contributed by atoms with Crippen LogP contribution in [0.1, 0.15) is 38.4 Å². The topological polar surface area (TPSA) is 25.2 Å². The summed E-state index contributed by atoms with van der Waals surface area (Å²) in [5.41, 5.74) is 1.02. The lowest BCUT2D eigenvalue weighted by atomic mass is 9.66. The number of benzene rings is 1. The van der Waals surface area contributed by atoms with Crippen LogP contribution in [-0.2, 0) is 0 Å². The van der Waals surface area contributed by atoms with Gasteiger partial charge in [0.15, 0.2) is 0 Å². The third kappa shape index (κ3) is 1.85. The van der Waals surface area contributed by atoms with Crippen molar-refractivity contribution in [2.75, 3.05) is 6.54 Å². The van der Waals surface area contributed by atoms with Crippen LogP contribution < -0.4 is 5.32 Å². The molecule has 3 unspecified atom stereocenters. The van der Waals surface area contributed by atoms with E-state index in [2.05, 4.69) is 43.4 Å². The fourth-order valence-electron chi connectivity index (χ4n) is 3.29. The quantitative estimate of drug-likeness (QED) is 0.880. The average Bonchev–Trinajstić information content (AvgIpc) is 2.77. The van der Waals surface area contributed by atoms with E-state index in [1.807, 2.05) is 6.07 Å². The van der Waals surface area contributed by atoms with Gasteiger partial charge in [0.1, 0.15) is 11.3 Å². The largest absolute Gasteiger partial charge is 0.461 e. The molecule has 3 rings (SSSR count). The number of para-hydroxylation sites is 1. The molecule has 2 aromatic rings. The van der Waals surface area contributed by atoms with E-state index in [0.717, 1.165) is 18.0 Å². The van der Waals surface area contributed by atoms with Crippen molar-refractivity contribution in [1.29, 1.82) is 0 Å². The minimum atomic E-state index is 0.603. The fraction of sp³-hybridized carbons (Fsp3) is 0.500. The van der Waals surface area contributed by atoms with Crippen molar-refractivity contribution < 1.29 is 4.42 Å². The lowest BCUT2D eigenvalue weighted by Crippen LogP contribution is -2.48. The molecule has 0 amide bonds. The normalized spacial score (nSPS) is 27.3. The van der Waals surface area contributed by atoms with Crippen LogP contribution in [0.25, 0.3) is 11.0 Å². The van der Waals surface area contributed by atoms with E-state index in [0.29, 0.717) is 12.0 Å². The molecular weight excluding hydrogens is 222 g/mol. The van der Waals surface area contributed by atoms with Crippen molar-refractivity contribution in [3.8, 4) is 0 Å². The highest BCUT2D eigenvalue weighted by Gasteiger charge is 2.41. The standard InChI is InChI=1S/C16H21NO/c1-3-12-13(10-14(12)17-4-2)16-9-11-7-5-6-8-15(11)18-16/h5-9,12-14,17H,3-4,10H2,1-2H3. The Kier molecular flexibility index (Phi) is 3.13. The SMILES string of the molecule is CCNC1CC(c2cc3ccccc3o2)C1CC. The van der Waals surface area contributed by atoms with Crippen LogP contribution in [-0.4, -0.2) is 12.6 Å². The number of hydrogen-bond donors (Lipinski definition) is 1. The van der Waals surface area contributed by atoms with Gasteiger partial charge in [0.2, 0.25) is 0 Å². The third-order valence-corrected chi connectivity index (χ3v) is 4.29. The Balaban J connectivity index is 1.83. The molecule has 0 aliphatic heterocycles. The van der Waals surface area contributed by atoms with Gasteiger partial charge in [-0.3, -0.25) is 0 Å². The summed E-state index contributed by atoms with van der Waals surface area (Å²) in [4.78, 5) is 0. The maximum atomic E-state index is 6.00. The summed E-state index contributed by atoms with van der Waals surface area (Å²) in [7, 11) is 0. The van der Waals surface area contributed by atoms with Gasteiger partial charge in [-0.25, -0.2) is 0 Å². The highest BCUT2D eigenvalue weighted by atomic mass is 16.3. The maximum Gasteiger partial charge on any atom is 0.134 e. The monoisotopic (exact) mass is 243 g/mol. The minimum Gasteiger partial charge on any atom is -0.461 e. The Morgan fingerprint density at radius 2 is 2.11 bits per heavy atom. The summed E-state index contributed by atoms with van der Waals surface area (Å²) in [5.74, 6) is 2.51. The number of fused-ring (bicyclic) bond motifs is 1. The number of nitrogens with one attached hydrogen (secondary N) is 1. The van der Waals surface area contributed by atoms with Crippen LogP contribution in [0.2, 0.25) is 0 Å². The van der Waals surface area contributed by atoms with Crippen LogP contribution in [0.15, 0.2) is 34.7 Å². The third-order valence-electron chi connectivity index (χ3n) is 4.29. The molecule has 0 bridgehead atoms. The first-order valence-electron chi connectivity index (χ1n) is 7.05. The van der Waals surface area contributed by atoms with Crippen LogP contribution >= 0.6 is 0 Å². The van der Waals surface area contributed by atoms with Gasteiger partial charge in [-0.2, -0.15) is 0 Å². The first-order chi connectivity index (χ1) is 8.83. The van der Waals surface area contributed by atoms with Crippen LogP contribution in [0.4, 0.5) is 0 Å². The molecule has 1 aliphatic rings. The van der Waals surface area contributed by atoms with Gasteiger partial charge in [0, 0.05) is 17.3 Å². The Morgan fingerprint density at radius 1 is 1.28 bits per heavy atom. The predicted molar refractivity (Wildman–Crippen MR) is 74.8 cm³/mol. The van der Waals surface area contributed by atoms with Crippen molar-refractivity contribution in [1.82, 2.24) is 5.32 Å². The number of furan rings is 1. The molecule has 1 aromatic carbocycles. The van der Waals surface area contributed by atoms with Crippen molar-refractivity contribution in [3.05, 3.63) is 36.1 Å². The van der Waals surface area contributed by atoms with Gasteiger partial charge in [-0.15, -0.1) is 0 Å². The van der Waals surface area contributed by atoms with Gasteiger partial charge in [-0.1, -0.05) is 38.5 Å². The van der Waals surface area contributed by atoms with Crippen LogP contribution in [0.5, 0.6) is 0 Å². The van der Waals surface area contributed by atoms with Gasteiger partial charge in [0.05, 0.1) is 0 Å². The zero-order valence-electron chi connectivity index (χ0n) is 11.1.